The Hall–Kier alpha value is -2.95. The average Bonchev–Trinajstić information content (AvgIpc) is 2.94. The monoisotopic (exact) mass is 432 g/mol. The minimum atomic E-state index is -0.893. The van der Waals surface area contributed by atoms with Gasteiger partial charge < -0.3 is 5.32 Å². The van der Waals surface area contributed by atoms with Crippen molar-refractivity contribution in [2.75, 3.05) is 5.32 Å². The van der Waals surface area contributed by atoms with Crippen LogP contribution in [0.5, 0.6) is 0 Å². The van der Waals surface area contributed by atoms with E-state index in [1.807, 2.05) is 83.1 Å². The Balaban J connectivity index is 1.71. The van der Waals surface area contributed by atoms with E-state index in [9.17, 15) is 14.4 Å². The number of amides is 3. The van der Waals surface area contributed by atoms with Gasteiger partial charge in [-0.05, 0) is 60.9 Å². The molecule has 168 valence electrons. The zero-order valence-electron chi connectivity index (χ0n) is 19.6. The quantitative estimate of drug-likeness (QED) is 0.699. The lowest BCUT2D eigenvalue weighted by Crippen LogP contribution is -2.64. The molecule has 0 aromatic heterocycles. The van der Waals surface area contributed by atoms with Crippen molar-refractivity contribution in [3.05, 3.63) is 65.2 Å². The lowest BCUT2D eigenvalue weighted by Gasteiger charge is -2.49. The third-order valence-corrected chi connectivity index (χ3v) is 8.11. The van der Waals surface area contributed by atoms with E-state index < -0.39 is 16.9 Å². The average molecular weight is 433 g/mol. The molecule has 1 aliphatic carbocycles. The number of rotatable bonds is 5. The molecule has 0 radical (unpaired) electrons. The molecule has 2 bridgehead atoms. The maximum atomic E-state index is 13.7. The van der Waals surface area contributed by atoms with Gasteiger partial charge in [0.1, 0.15) is 6.04 Å². The molecule has 2 aromatic rings. The molecule has 32 heavy (non-hydrogen) atoms. The molecule has 1 saturated carbocycles. The van der Waals surface area contributed by atoms with Crippen LogP contribution in [0.4, 0.5) is 5.69 Å². The van der Waals surface area contributed by atoms with Crippen LogP contribution in [0.2, 0.25) is 0 Å². The molecule has 2 aromatic carbocycles. The van der Waals surface area contributed by atoms with Gasteiger partial charge in [-0.1, -0.05) is 57.2 Å². The number of hydrogen-bond acceptors (Lipinski definition) is 3. The summed E-state index contributed by atoms with van der Waals surface area (Å²) >= 11 is 0. The Bertz CT molecular complexity index is 1080. The van der Waals surface area contributed by atoms with E-state index in [0.717, 1.165) is 16.7 Å². The van der Waals surface area contributed by atoms with E-state index in [2.05, 4.69) is 5.32 Å². The summed E-state index contributed by atoms with van der Waals surface area (Å²) in [6.07, 6.45) is 1.64. The summed E-state index contributed by atoms with van der Waals surface area (Å²) in [6, 6.07) is 14.4. The number of carbonyl (C=O) groups is 3. The van der Waals surface area contributed by atoms with Gasteiger partial charge in [0.2, 0.25) is 17.7 Å². The van der Waals surface area contributed by atoms with Gasteiger partial charge in [0, 0.05) is 18.0 Å². The molecule has 4 rings (SSSR count). The highest BCUT2D eigenvalue weighted by molar-refractivity contribution is 6.09. The SMILES string of the molecule is Cc1ccc(NC(=O)C(Cc2ccccc2)N2C(=O)C3CCC(C)(C2=O)C3(C)C)cc1C. The van der Waals surface area contributed by atoms with Gasteiger partial charge in [0.15, 0.2) is 0 Å². The molecule has 3 amide bonds. The Kier molecular flexibility index (Phi) is 5.48. The molecule has 1 N–H and O–H groups in total. The maximum Gasteiger partial charge on any atom is 0.248 e. The third kappa shape index (κ3) is 3.44. The van der Waals surface area contributed by atoms with Crippen molar-refractivity contribution in [3.63, 3.8) is 0 Å². The van der Waals surface area contributed by atoms with Crippen molar-refractivity contribution < 1.29 is 14.4 Å². The summed E-state index contributed by atoms with van der Waals surface area (Å²) < 4.78 is 0. The maximum absolute atomic E-state index is 13.7. The fourth-order valence-corrected chi connectivity index (χ4v) is 5.33. The Morgan fingerprint density at radius 1 is 1.06 bits per heavy atom. The smallest absolute Gasteiger partial charge is 0.248 e. The molecule has 2 fully saturated rings. The second-order valence-corrected chi connectivity index (χ2v) is 10.2. The number of fused-ring (bicyclic) bond motifs is 2. The summed E-state index contributed by atoms with van der Waals surface area (Å²) in [4.78, 5) is 42.1. The van der Waals surface area contributed by atoms with E-state index in [4.69, 9.17) is 0 Å². The van der Waals surface area contributed by atoms with Crippen LogP contribution in [0.3, 0.4) is 0 Å². The van der Waals surface area contributed by atoms with E-state index >= 15 is 0 Å². The number of nitrogens with zero attached hydrogens (tertiary/aromatic N) is 1. The highest BCUT2D eigenvalue weighted by Crippen LogP contribution is 2.60. The standard InChI is InChI=1S/C27H32N2O3/c1-17-11-12-20(15-18(17)2)28-23(30)22(16-19-9-7-6-8-10-19)29-24(31)21-13-14-27(5,25(29)32)26(21,3)4/h6-12,15,21-22H,13-14,16H2,1-5H3,(H,28,30). The second kappa shape index (κ2) is 7.88. The van der Waals surface area contributed by atoms with Gasteiger partial charge in [0.25, 0.3) is 0 Å². The Morgan fingerprint density at radius 3 is 2.41 bits per heavy atom. The van der Waals surface area contributed by atoms with Crippen LogP contribution >= 0.6 is 0 Å². The van der Waals surface area contributed by atoms with Gasteiger partial charge in [-0.15, -0.1) is 0 Å². The topological polar surface area (TPSA) is 66.5 Å². The highest BCUT2D eigenvalue weighted by atomic mass is 16.2. The van der Waals surface area contributed by atoms with Gasteiger partial charge in [-0.2, -0.15) is 0 Å². The fourth-order valence-electron chi connectivity index (χ4n) is 5.33. The van der Waals surface area contributed by atoms with E-state index in [-0.39, 0.29) is 30.1 Å². The molecule has 0 spiro atoms. The lowest BCUT2D eigenvalue weighted by molar-refractivity contribution is -0.172. The molecule has 3 atom stereocenters. The van der Waals surface area contributed by atoms with Crippen LogP contribution in [0.1, 0.15) is 50.3 Å². The summed E-state index contributed by atoms with van der Waals surface area (Å²) in [5, 5.41) is 2.97. The van der Waals surface area contributed by atoms with Crippen molar-refractivity contribution in [2.24, 2.45) is 16.7 Å². The molecule has 5 heteroatoms. The van der Waals surface area contributed by atoms with E-state index in [0.29, 0.717) is 18.5 Å². The van der Waals surface area contributed by atoms with Crippen LogP contribution in [0, 0.1) is 30.6 Å². The van der Waals surface area contributed by atoms with E-state index in [1.165, 1.54) is 4.90 Å². The molecule has 1 aliphatic heterocycles. The third-order valence-electron chi connectivity index (χ3n) is 8.11. The van der Waals surface area contributed by atoms with Crippen molar-refractivity contribution in [1.29, 1.82) is 0 Å². The van der Waals surface area contributed by atoms with E-state index in [1.54, 1.807) is 0 Å². The first kappa shape index (κ1) is 22.3. The van der Waals surface area contributed by atoms with Crippen molar-refractivity contribution >= 4 is 23.4 Å². The molecule has 3 unspecified atom stereocenters. The van der Waals surface area contributed by atoms with Crippen LogP contribution in [0.25, 0.3) is 0 Å². The number of hydrogen-bond donors (Lipinski definition) is 1. The van der Waals surface area contributed by atoms with Gasteiger partial charge in [-0.3, -0.25) is 19.3 Å². The summed E-state index contributed by atoms with van der Waals surface area (Å²) in [5.74, 6) is -1.03. The minimum Gasteiger partial charge on any atom is -0.324 e. The summed E-state index contributed by atoms with van der Waals surface area (Å²) in [6.45, 7) is 9.99. The van der Waals surface area contributed by atoms with Crippen LogP contribution in [-0.2, 0) is 20.8 Å². The number of anilines is 1. The molecule has 2 aliphatic rings. The first-order valence-electron chi connectivity index (χ1n) is 11.4. The number of benzene rings is 2. The van der Waals surface area contributed by atoms with Crippen molar-refractivity contribution in [1.82, 2.24) is 4.90 Å². The predicted octanol–water partition coefficient (Wildman–Crippen LogP) is 4.66. The number of nitrogens with one attached hydrogen (secondary N) is 1. The molecule has 1 heterocycles. The number of imide groups is 1. The fraction of sp³-hybridized carbons (Fsp3) is 0.444. The van der Waals surface area contributed by atoms with Gasteiger partial charge in [0.05, 0.1) is 5.41 Å². The normalized spacial score (nSPS) is 25.0. The second-order valence-electron chi connectivity index (χ2n) is 10.2. The molecule has 1 saturated heterocycles. The lowest BCUT2D eigenvalue weighted by atomic mass is 9.62. The van der Waals surface area contributed by atoms with Crippen molar-refractivity contribution in [2.45, 2.75) is 59.9 Å². The predicted molar refractivity (Wildman–Crippen MR) is 125 cm³/mol. The summed E-state index contributed by atoms with van der Waals surface area (Å²) in [5.41, 5.74) is 2.72. The first-order chi connectivity index (χ1) is 15.1. The number of carbonyl (C=O) groups excluding carboxylic acids is 3. The zero-order chi connectivity index (χ0) is 23.3. The number of likely N-dealkylation sites (tertiary alicyclic amines) is 1. The number of aryl methyl sites for hydroxylation is 2. The Morgan fingerprint density at radius 2 is 1.75 bits per heavy atom. The highest BCUT2D eigenvalue weighted by Gasteiger charge is 2.65. The summed E-state index contributed by atoms with van der Waals surface area (Å²) in [7, 11) is 0. The van der Waals surface area contributed by atoms with Crippen molar-refractivity contribution in [3.8, 4) is 0 Å². The van der Waals surface area contributed by atoms with Crippen LogP contribution in [-0.4, -0.2) is 28.7 Å². The van der Waals surface area contributed by atoms with Gasteiger partial charge in [-0.25, -0.2) is 0 Å². The largest absolute Gasteiger partial charge is 0.324 e. The number of piperidine rings is 1. The molecular weight excluding hydrogens is 400 g/mol. The first-order valence-corrected chi connectivity index (χ1v) is 11.4. The zero-order valence-corrected chi connectivity index (χ0v) is 19.6. The molecular formula is C27H32N2O3. The Labute approximate surface area is 190 Å². The minimum absolute atomic E-state index is 0.217. The molecule has 5 nitrogen and oxygen atoms in total. The van der Waals surface area contributed by atoms with Crippen LogP contribution < -0.4 is 5.32 Å². The van der Waals surface area contributed by atoms with Crippen LogP contribution in [0.15, 0.2) is 48.5 Å². The van der Waals surface area contributed by atoms with Gasteiger partial charge >= 0.3 is 0 Å².